The number of hydrogen-bond donors (Lipinski definition) is 2. The van der Waals surface area contributed by atoms with E-state index in [-0.39, 0.29) is 17.7 Å². The molecular weight excluding hydrogens is 434 g/mol. The number of likely N-dealkylation sites (tertiary alicyclic amines) is 1. The summed E-state index contributed by atoms with van der Waals surface area (Å²) in [5.74, 6) is -0.288. The Morgan fingerprint density at radius 2 is 1.52 bits per heavy atom. The Bertz CT molecular complexity index is 1080. The lowest BCUT2D eigenvalue weighted by atomic mass is 9.95. The van der Waals surface area contributed by atoms with E-state index in [1.807, 2.05) is 66.7 Å². The molecule has 6 heteroatoms. The van der Waals surface area contributed by atoms with Crippen LogP contribution >= 0.6 is 11.6 Å². The summed E-state index contributed by atoms with van der Waals surface area (Å²) < 4.78 is 0. The minimum Gasteiger partial charge on any atom is -0.348 e. The van der Waals surface area contributed by atoms with Crippen molar-refractivity contribution in [2.24, 2.45) is 5.92 Å². The minimum atomic E-state index is -0.201. The first-order valence-electron chi connectivity index (χ1n) is 11.3. The number of anilines is 1. The van der Waals surface area contributed by atoms with Crippen LogP contribution in [0.25, 0.3) is 0 Å². The number of piperidine rings is 1. The minimum absolute atomic E-state index is 0.0237. The van der Waals surface area contributed by atoms with Gasteiger partial charge in [0.15, 0.2) is 0 Å². The van der Waals surface area contributed by atoms with Crippen LogP contribution in [0.15, 0.2) is 78.9 Å². The maximum Gasteiger partial charge on any atom is 0.253 e. The van der Waals surface area contributed by atoms with Gasteiger partial charge < -0.3 is 10.6 Å². The van der Waals surface area contributed by atoms with Crippen molar-refractivity contribution in [2.45, 2.75) is 25.9 Å². The zero-order chi connectivity index (χ0) is 23.0. The molecule has 3 aromatic rings. The third kappa shape index (κ3) is 6.44. The maximum absolute atomic E-state index is 12.9. The second-order valence-corrected chi connectivity index (χ2v) is 8.82. The standard InChI is InChI=1S/C27H28ClN3O2/c28-23-12-10-21(11-13-23)19-31-16-14-22(15-17-31)26(32)30-25-9-5-4-8-24(25)27(33)29-18-20-6-2-1-3-7-20/h1-13,22H,14-19H2,(H,29,33)(H,30,32). The molecule has 0 aromatic heterocycles. The predicted octanol–water partition coefficient (Wildman–Crippen LogP) is 5.12. The molecule has 1 aliphatic heterocycles. The highest BCUT2D eigenvalue weighted by molar-refractivity contribution is 6.30. The molecular formula is C27H28ClN3O2. The molecule has 0 spiro atoms. The number of hydrogen-bond acceptors (Lipinski definition) is 3. The van der Waals surface area contributed by atoms with Crippen molar-refractivity contribution in [3.8, 4) is 0 Å². The van der Waals surface area contributed by atoms with Crippen LogP contribution in [0.3, 0.4) is 0 Å². The number of carbonyl (C=O) groups excluding carboxylic acids is 2. The van der Waals surface area contributed by atoms with Crippen molar-refractivity contribution in [3.05, 3.63) is 101 Å². The van der Waals surface area contributed by atoms with Crippen LogP contribution in [0.2, 0.25) is 5.02 Å². The molecule has 1 saturated heterocycles. The topological polar surface area (TPSA) is 61.4 Å². The molecule has 2 amide bonds. The first-order valence-corrected chi connectivity index (χ1v) is 11.6. The first kappa shape index (κ1) is 23.0. The number of rotatable bonds is 7. The normalized spacial score (nSPS) is 14.6. The van der Waals surface area contributed by atoms with Gasteiger partial charge in [0.1, 0.15) is 0 Å². The molecule has 0 radical (unpaired) electrons. The quantitative estimate of drug-likeness (QED) is 0.513. The molecule has 33 heavy (non-hydrogen) atoms. The molecule has 0 bridgehead atoms. The van der Waals surface area contributed by atoms with Crippen LogP contribution in [-0.4, -0.2) is 29.8 Å². The maximum atomic E-state index is 12.9. The summed E-state index contributed by atoms with van der Waals surface area (Å²) in [7, 11) is 0. The van der Waals surface area contributed by atoms with Crippen molar-refractivity contribution < 1.29 is 9.59 Å². The van der Waals surface area contributed by atoms with Gasteiger partial charge in [0.05, 0.1) is 11.3 Å². The Morgan fingerprint density at radius 3 is 2.24 bits per heavy atom. The number of nitrogens with one attached hydrogen (secondary N) is 2. The molecule has 5 nitrogen and oxygen atoms in total. The summed E-state index contributed by atoms with van der Waals surface area (Å²) in [6.45, 7) is 3.02. The predicted molar refractivity (Wildman–Crippen MR) is 132 cm³/mol. The lowest BCUT2D eigenvalue weighted by molar-refractivity contribution is -0.121. The van der Waals surface area contributed by atoms with Gasteiger partial charge in [-0.25, -0.2) is 0 Å². The van der Waals surface area contributed by atoms with Gasteiger partial charge in [0.25, 0.3) is 5.91 Å². The van der Waals surface area contributed by atoms with Crippen molar-refractivity contribution in [2.75, 3.05) is 18.4 Å². The number of halogens is 1. The number of nitrogens with zero attached hydrogens (tertiary/aromatic N) is 1. The van der Waals surface area contributed by atoms with Crippen molar-refractivity contribution in [1.82, 2.24) is 10.2 Å². The number of carbonyl (C=O) groups is 2. The molecule has 170 valence electrons. The fourth-order valence-electron chi connectivity index (χ4n) is 4.10. The summed E-state index contributed by atoms with van der Waals surface area (Å²) in [5.41, 5.74) is 3.27. The van der Waals surface area contributed by atoms with Crippen molar-refractivity contribution in [3.63, 3.8) is 0 Å². The van der Waals surface area contributed by atoms with E-state index in [0.29, 0.717) is 17.8 Å². The SMILES string of the molecule is O=C(NCc1ccccc1)c1ccccc1NC(=O)C1CCN(Cc2ccc(Cl)cc2)CC1. The smallest absolute Gasteiger partial charge is 0.253 e. The van der Waals surface area contributed by atoms with E-state index in [0.717, 1.165) is 43.1 Å². The van der Waals surface area contributed by atoms with E-state index in [1.165, 1.54) is 5.56 Å². The number of benzene rings is 3. The third-order valence-electron chi connectivity index (χ3n) is 6.00. The Balaban J connectivity index is 1.30. The van der Waals surface area contributed by atoms with Gasteiger partial charge in [-0.05, 0) is 61.3 Å². The summed E-state index contributed by atoms with van der Waals surface area (Å²) >= 11 is 5.97. The average molecular weight is 462 g/mol. The van der Waals surface area contributed by atoms with Crippen LogP contribution in [0.5, 0.6) is 0 Å². The Morgan fingerprint density at radius 1 is 0.848 bits per heavy atom. The molecule has 1 fully saturated rings. The monoisotopic (exact) mass is 461 g/mol. The summed E-state index contributed by atoms with van der Waals surface area (Å²) in [6, 6.07) is 24.8. The molecule has 3 aromatic carbocycles. The Labute approximate surface area is 199 Å². The van der Waals surface area contributed by atoms with Gasteiger partial charge in [-0.3, -0.25) is 14.5 Å². The van der Waals surface area contributed by atoms with Gasteiger partial charge in [0, 0.05) is 24.0 Å². The van der Waals surface area contributed by atoms with E-state index in [4.69, 9.17) is 11.6 Å². The molecule has 2 N–H and O–H groups in total. The van der Waals surface area contributed by atoms with Crippen LogP contribution < -0.4 is 10.6 Å². The fourth-order valence-corrected chi connectivity index (χ4v) is 4.23. The second kappa shape index (κ2) is 11.1. The summed E-state index contributed by atoms with van der Waals surface area (Å²) in [6.07, 6.45) is 1.59. The summed E-state index contributed by atoms with van der Waals surface area (Å²) in [4.78, 5) is 28.1. The van der Waals surface area contributed by atoms with Crippen LogP contribution in [0.1, 0.15) is 34.3 Å². The molecule has 0 unspecified atom stereocenters. The van der Waals surface area contributed by atoms with Gasteiger partial charge in [0.2, 0.25) is 5.91 Å². The fraction of sp³-hybridized carbons (Fsp3) is 0.259. The molecule has 1 aliphatic rings. The molecule has 4 rings (SSSR count). The second-order valence-electron chi connectivity index (χ2n) is 8.38. The zero-order valence-electron chi connectivity index (χ0n) is 18.5. The molecule has 0 saturated carbocycles. The van der Waals surface area contributed by atoms with Gasteiger partial charge >= 0.3 is 0 Å². The number of amides is 2. The number of para-hydroxylation sites is 1. The lowest BCUT2D eigenvalue weighted by Crippen LogP contribution is -2.38. The summed E-state index contributed by atoms with van der Waals surface area (Å²) in [5, 5.41) is 6.67. The van der Waals surface area contributed by atoms with E-state index in [2.05, 4.69) is 15.5 Å². The lowest BCUT2D eigenvalue weighted by Gasteiger charge is -2.31. The van der Waals surface area contributed by atoms with Gasteiger partial charge in [-0.1, -0.05) is 66.2 Å². The largest absolute Gasteiger partial charge is 0.348 e. The Hall–Kier alpha value is -3.15. The molecule has 0 aliphatic carbocycles. The van der Waals surface area contributed by atoms with Crippen LogP contribution in [0.4, 0.5) is 5.69 Å². The van der Waals surface area contributed by atoms with E-state index < -0.39 is 0 Å². The van der Waals surface area contributed by atoms with E-state index in [1.54, 1.807) is 12.1 Å². The third-order valence-corrected chi connectivity index (χ3v) is 6.26. The molecule has 0 atom stereocenters. The highest BCUT2D eigenvalue weighted by atomic mass is 35.5. The first-order chi connectivity index (χ1) is 16.1. The van der Waals surface area contributed by atoms with E-state index in [9.17, 15) is 9.59 Å². The van der Waals surface area contributed by atoms with Crippen molar-refractivity contribution >= 4 is 29.1 Å². The Kier molecular flexibility index (Phi) is 7.76. The average Bonchev–Trinajstić information content (AvgIpc) is 2.85. The van der Waals surface area contributed by atoms with Crippen LogP contribution in [0, 0.1) is 5.92 Å². The zero-order valence-corrected chi connectivity index (χ0v) is 19.2. The van der Waals surface area contributed by atoms with Gasteiger partial charge in [-0.2, -0.15) is 0 Å². The molecule has 1 heterocycles. The highest BCUT2D eigenvalue weighted by Crippen LogP contribution is 2.23. The highest BCUT2D eigenvalue weighted by Gasteiger charge is 2.26. The van der Waals surface area contributed by atoms with Crippen LogP contribution in [-0.2, 0) is 17.9 Å². The van der Waals surface area contributed by atoms with E-state index >= 15 is 0 Å². The van der Waals surface area contributed by atoms with Crippen molar-refractivity contribution in [1.29, 1.82) is 0 Å². The van der Waals surface area contributed by atoms with Gasteiger partial charge in [-0.15, -0.1) is 0 Å².